The van der Waals surface area contributed by atoms with Gasteiger partial charge in [0.1, 0.15) is 11.5 Å². The highest BCUT2D eigenvalue weighted by Crippen LogP contribution is 2.37. The average molecular weight is 468 g/mol. The van der Waals surface area contributed by atoms with Gasteiger partial charge in [-0.05, 0) is 25.0 Å². The van der Waals surface area contributed by atoms with Gasteiger partial charge in [0.2, 0.25) is 11.8 Å². The predicted molar refractivity (Wildman–Crippen MR) is 131 cm³/mol. The number of anilines is 2. The molecule has 2 N–H and O–H groups in total. The highest BCUT2D eigenvalue weighted by atomic mass is 16.5. The molecule has 34 heavy (non-hydrogen) atoms. The number of carbonyl (C=O) groups excluding carboxylic acids is 3. The van der Waals surface area contributed by atoms with Crippen molar-refractivity contribution in [2.24, 2.45) is 11.3 Å². The van der Waals surface area contributed by atoms with E-state index in [4.69, 9.17) is 9.47 Å². The molecule has 0 saturated carbocycles. The predicted octanol–water partition coefficient (Wildman–Crippen LogP) is 4.18. The SMILES string of the molecule is COc1cc(NC(=O)C2CCN(C(=O)C(C)(C)C)CC2)c(OC)cc1NC(=O)c1ccccc1. The van der Waals surface area contributed by atoms with Crippen LogP contribution in [-0.2, 0) is 9.59 Å². The molecule has 3 amide bonds. The van der Waals surface area contributed by atoms with E-state index in [1.165, 1.54) is 14.2 Å². The first-order valence-corrected chi connectivity index (χ1v) is 11.4. The summed E-state index contributed by atoms with van der Waals surface area (Å²) in [5.74, 6) is 0.269. The molecular formula is C26H33N3O5. The van der Waals surface area contributed by atoms with Crippen LogP contribution in [0, 0.1) is 11.3 Å². The maximum atomic E-state index is 13.0. The Labute approximate surface area is 200 Å². The van der Waals surface area contributed by atoms with Gasteiger partial charge in [0.25, 0.3) is 5.91 Å². The second-order valence-corrected chi connectivity index (χ2v) is 9.38. The summed E-state index contributed by atoms with van der Waals surface area (Å²) in [5, 5.41) is 5.76. The summed E-state index contributed by atoms with van der Waals surface area (Å²) in [6.45, 7) is 6.82. The molecule has 182 valence electrons. The standard InChI is InChI=1S/C26H33N3O5/c1-26(2,3)25(32)29-13-11-18(12-14-29)24(31)28-20-16-21(33-4)19(15-22(20)34-5)27-23(30)17-9-7-6-8-10-17/h6-10,15-16,18H,11-14H2,1-5H3,(H,27,30)(H,28,31). The molecule has 1 fully saturated rings. The van der Waals surface area contributed by atoms with Crippen molar-refractivity contribution in [3.8, 4) is 11.5 Å². The minimum Gasteiger partial charge on any atom is -0.494 e. The number of piperidine rings is 1. The lowest BCUT2D eigenvalue weighted by Crippen LogP contribution is -2.45. The highest BCUT2D eigenvalue weighted by molar-refractivity contribution is 6.05. The van der Waals surface area contributed by atoms with Gasteiger partial charge in [0, 0.05) is 42.1 Å². The van der Waals surface area contributed by atoms with E-state index in [0.29, 0.717) is 54.4 Å². The first-order chi connectivity index (χ1) is 16.1. The fourth-order valence-corrected chi connectivity index (χ4v) is 3.93. The summed E-state index contributed by atoms with van der Waals surface area (Å²) in [6.07, 6.45) is 1.19. The topological polar surface area (TPSA) is 97.0 Å². The van der Waals surface area contributed by atoms with Crippen LogP contribution in [0.5, 0.6) is 11.5 Å². The van der Waals surface area contributed by atoms with Crippen molar-refractivity contribution in [2.75, 3.05) is 37.9 Å². The normalized spacial score (nSPS) is 14.3. The molecule has 1 saturated heterocycles. The van der Waals surface area contributed by atoms with Crippen molar-refractivity contribution >= 4 is 29.1 Å². The van der Waals surface area contributed by atoms with Gasteiger partial charge in [-0.25, -0.2) is 0 Å². The maximum absolute atomic E-state index is 13.0. The first-order valence-electron chi connectivity index (χ1n) is 11.4. The van der Waals surface area contributed by atoms with E-state index in [-0.39, 0.29) is 23.6 Å². The Morgan fingerprint density at radius 3 is 1.91 bits per heavy atom. The van der Waals surface area contributed by atoms with E-state index in [1.54, 1.807) is 36.4 Å². The number of nitrogens with one attached hydrogen (secondary N) is 2. The lowest BCUT2D eigenvalue weighted by Gasteiger charge is -2.35. The Hall–Kier alpha value is -3.55. The number of hydrogen-bond acceptors (Lipinski definition) is 5. The average Bonchev–Trinajstić information content (AvgIpc) is 2.84. The van der Waals surface area contributed by atoms with Gasteiger partial charge in [-0.3, -0.25) is 14.4 Å². The summed E-state index contributed by atoms with van der Waals surface area (Å²) in [7, 11) is 2.99. The lowest BCUT2D eigenvalue weighted by molar-refractivity contribution is -0.142. The molecule has 3 rings (SSSR count). The second-order valence-electron chi connectivity index (χ2n) is 9.38. The number of ether oxygens (including phenoxy) is 2. The summed E-state index contributed by atoms with van der Waals surface area (Å²) >= 11 is 0. The van der Waals surface area contributed by atoms with E-state index >= 15 is 0 Å². The Balaban J connectivity index is 1.70. The van der Waals surface area contributed by atoms with Crippen LogP contribution in [0.3, 0.4) is 0 Å². The van der Waals surface area contributed by atoms with Gasteiger partial charge in [0.15, 0.2) is 0 Å². The number of rotatable bonds is 6. The van der Waals surface area contributed by atoms with E-state index in [2.05, 4.69) is 10.6 Å². The molecule has 8 nitrogen and oxygen atoms in total. The molecule has 0 aliphatic carbocycles. The minimum atomic E-state index is -0.434. The van der Waals surface area contributed by atoms with Crippen LogP contribution in [0.25, 0.3) is 0 Å². The number of carbonyl (C=O) groups is 3. The molecule has 2 aromatic rings. The Morgan fingerprint density at radius 1 is 0.882 bits per heavy atom. The number of nitrogens with zero attached hydrogens (tertiary/aromatic N) is 1. The molecule has 8 heteroatoms. The molecule has 0 aromatic heterocycles. The van der Waals surface area contributed by atoms with Crippen LogP contribution in [0.2, 0.25) is 0 Å². The quantitative estimate of drug-likeness (QED) is 0.664. The largest absolute Gasteiger partial charge is 0.494 e. The van der Waals surface area contributed by atoms with Crippen LogP contribution in [0.15, 0.2) is 42.5 Å². The monoisotopic (exact) mass is 467 g/mol. The molecule has 0 unspecified atom stereocenters. The highest BCUT2D eigenvalue weighted by Gasteiger charge is 2.32. The Morgan fingerprint density at radius 2 is 1.41 bits per heavy atom. The molecule has 0 bridgehead atoms. The first kappa shape index (κ1) is 25.1. The summed E-state index contributed by atoms with van der Waals surface area (Å²) in [6, 6.07) is 12.1. The number of hydrogen-bond donors (Lipinski definition) is 2. The van der Waals surface area contributed by atoms with E-state index in [0.717, 1.165) is 0 Å². The van der Waals surface area contributed by atoms with Gasteiger partial charge in [-0.2, -0.15) is 0 Å². The van der Waals surface area contributed by atoms with Crippen LogP contribution in [0.4, 0.5) is 11.4 Å². The number of amides is 3. The zero-order valence-corrected chi connectivity index (χ0v) is 20.4. The molecule has 0 radical (unpaired) electrons. The number of benzene rings is 2. The minimum absolute atomic E-state index is 0.103. The molecular weight excluding hydrogens is 434 g/mol. The van der Waals surface area contributed by atoms with E-state index in [1.807, 2.05) is 31.7 Å². The van der Waals surface area contributed by atoms with Crippen LogP contribution in [0.1, 0.15) is 44.0 Å². The fourth-order valence-electron chi connectivity index (χ4n) is 3.93. The number of likely N-dealkylation sites (tertiary alicyclic amines) is 1. The smallest absolute Gasteiger partial charge is 0.255 e. The number of methoxy groups -OCH3 is 2. The van der Waals surface area contributed by atoms with Crippen molar-refractivity contribution in [1.29, 1.82) is 0 Å². The van der Waals surface area contributed by atoms with Gasteiger partial charge in [-0.1, -0.05) is 39.0 Å². The van der Waals surface area contributed by atoms with Crippen molar-refractivity contribution in [3.05, 3.63) is 48.0 Å². The molecule has 0 spiro atoms. The third-order valence-corrected chi connectivity index (χ3v) is 5.86. The van der Waals surface area contributed by atoms with Crippen molar-refractivity contribution in [2.45, 2.75) is 33.6 Å². The van der Waals surface area contributed by atoms with Gasteiger partial charge in [0.05, 0.1) is 25.6 Å². The van der Waals surface area contributed by atoms with E-state index < -0.39 is 5.41 Å². The van der Waals surface area contributed by atoms with Crippen LogP contribution >= 0.6 is 0 Å². The zero-order valence-electron chi connectivity index (χ0n) is 20.4. The van der Waals surface area contributed by atoms with Crippen molar-refractivity contribution in [1.82, 2.24) is 4.90 Å². The molecule has 0 atom stereocenters. The van der Waals surface area contributed by atoms with Crippen LogP contribution in [-0.4, -0.2) is 49.9 Å². The summed E-state index contributed by atoms with van der Waals surface area (Å²) < 4.78 is 10.9. The Bertz CT molecular complexity index is 1040. The molecule has 1 heterocycles. The van der Waals surface area contributed by atoms with Gasteiger partial charge < -0.3 is 25.0 Å². The van der Waals surface area contributed by atoms with Gasteiger partial charge >= 0.3 is 0 Å². The molecule has 2 aromatic carbocycles. The third-order valence-electron chi connectivity index (χ3n) is 5.86. The van der Waals surface area contributed by atoms with E-state index in [9.17, 15) is 14.4 Å². The molecule has 1 aliphatic rings. The zero-order chi connectivity index (χ0) is 24.9. The summed E-state index contributed by atoms with van der Waals surface area (Å²) in [5.41, 5.74) is 0.962. The lowest BCUT2D eigenvalue weighted by atomic mass is 9.90. The van der Waals surface area contributed by atoms with Crippen molar-refractivity contribution in [3.63, 3.8) is 0 Å². The molecule has 1 aliphatic heterocycles. The maximum Gasteiger partial charge on any atom is 0.255 e. The van der Waals surface area contributed by atoms with Crippen LogP contribution < -0.4 is 20.1 Å². The third kappa shape index (κ3) is 5.87. The Kier molecular flexibility index (Phi) is 7.81. The summed E-state index contributed by atoms with van der Waals surface area (Å²) in [4.78, 5) is 39.9. The van der Waals surface area contributed by atoms with Gasteiger partial charge in [-0.15, -0.1) is 0 Å². The van der Waals surface area contributed by atoms with Crippen molar-refractivity contribution < 1.29 is 23.9 Å². The fraction of sp³-hybridized carbons (Fsp3) is 0.423. The second kappa shape index (κ2) is 10.6.